The lowest BCUT2D eigenvalue weighted by Gasteiger charge is -2.20. The van der Waals surface area contributed by atoms with Gasteiger partial charge in [-0.1, -0.05) is 345 Å². The highest BCUT2D eigenvalue weighted by molar-refractivity contribution is 5.76. The molecule has 0 aliphatic carbocycles. The first-order valence-corrected chi connectivity index (χ1v) is 36.9. The second kappa shape index (κ2) is 71.3. The maximum Gasteiger partial charge on any atom is 0.305 e. The van der Waals surface area contributed by atoms with Gasteiger partial charge in [-0.05, 0) is 89.9 Å². The number of hydrogen-bond donors (Lipinski definition) is 3. The van der Waals surface area contributed by atoms with E-state index in [2.05, 4.69) is 55.6 Å². The molecule has 0 aromatic heterocycles. The fraction of sp³-hybridized carbons (Fsp3) is 0.868. The molecule has 0 radical (unpaired) electrons. The summed E-state index contributed by atoms with van der Waals surface area (Å²) in [5.74, 6) is -0.0550. The van der Waals surface area contributed by atoms with Gasteiger partial charge in [0.2, 0.25) is 5.91 Å². The Morgan fingerprint density at radius 1 is 0.341 bits per heavy atom. The molecule has 0 fully saturated rings. The summed E-state index contributed by atoms with van der Waals surface area (Å²) >= 11 is 0. The molecule has 0 saturated carbocycles. The average molecular weight is 1150 g/mol. The van der Waals surface area contributed by atoms with Crippen LogP contribution in [0.1, 0.15) is 399 Å². The predicted octanol–water partition coefficient (Wildman–Crippen LogP) is 24.0. The molecule has 3 N–H and O–H groups in total. The standard InChI is InChI=1S/C76H143NO5/c1-3-5-7-9-11-13-15-17-19-36-40-44-48-52-56-60-64-68-74(79)73(72-78)77-75(80)69-65-61-57-53-49-45-41-38-34-32-30-28-26-24-22-21-23-25-27-29-31-33-35-39-43-47-51-55-59-63-67-71-82-76(81)70-66-62-58-54-50-46-42-37-20-18-16-14-12-10-8-6-4-2/h18,20,23,25,29,31,64,68,73-74,78-79H,3-17,19,21-22,24,26-28,30,32-63,65-67,69-72H2,1-2H3,(H,77,80)/b20-18-,25-23-,31-29-,68-64+. The number of hydrogen-bond acceptors (Lipinski definition) is 5. The maximum atomic E-state index is 12.5. The van der Waals surface area contributed by atoms with Crippen molar-refractivity contribution in [3.63, 3.8) is 0 Å². The van der Waals surface area contributed by atoms with Gasteiger partial charge in [-0.2, -0.15) is 0 Å². The molecular formula is C76H143NO5. The normalized spacial score (nSPS) is 12.8. The van der Waals surface area contributed by atoms with E-state index in [9.17, 15) is 19.8 Å². The number of aliphatic hydroxyl groups is 2. The van der Waals surface area contributed by atoms with Crippen LogP contribution < -0.4 is 5.32 Å². The third kappa shape index (κ3) is 67.0. The van der Waals surface area contributed by atoms with E-state index in [0.29, 0.717) is 19.4 Å². The zero-order valence-electron chi connectivity index (χ0n) is 55.2. The van der Waals surface area contributed by atoms with Crippen molar-refractivity contribution < 1.29 is 24.5 Å². The number of allylic oxidation sites excluding steroid dienone is 7. The maximum absolute atomic E-state index is 12.5. The predicted molar refractivity (Wildman–Crippen MR) is 361 cm³/mol. The summed E-state index contributed by atoms with van der Waals surface area (Å²) < 4.78 is 5.50. The van der Waals surface area contributed by atoms with Crippen LogP contribution in [0.25, 0.3) is 0 Å². The number of ether oxygens (including phenoxy) is 1. The number of rotatable bonds is 69. The minimum Gasteiger partial charge on any atom is -0.466 e. The number of carbonyl (C=O) groups excluding carboxylic acids is 2. The van der Waals surface area contributed by atoms with Crippen molar-refractivity contribution in [1.82, 2.24) is 5.32 Å². The Morgan fingerprint density at radius 2 is 0.610 bits per heavy atom. The molecule has 6 heteroatoms. The molecule has 82 heavy (non-hydrogen) atoms. The number of nitrogens with one attached hydrogen (secondary N) is 1. The summed E-state index contributed by atoms with van der Waals surface area (Å²) in [5, 5.41) is 23.2. The second-order valence-electron chi connectivity index (χ2n) is 25.3. The van der Waals surface area contributed by atoms with Crippen molar-refractivity contribution in [2.24, 2.45) is 0 Å². The molecule has 2 unspecified atom stereocenters. The van der Waals surface area contributed by atoms with E-state index in [-0.39, 0.29) is 18.5 Å². The van der Waals surface area contributed by atoms with Crippen LogP contribution in [0.15, 0.2) is 48.6 Å². The lowest BCUT2D eigenvalue weighted by molar-refractivity contribution is -0.143. The Balaban J connectivity index is 3.40. The van der Waals surface area contributed by atoms with Crippen molar-refractivity contribution in [3.05, 3.63) is 48.6 Å². The molecule has 0 aromatic carbocycles. The Bertz CT molecular complexity index is 1370. The van der Waals surface area contributed by atoms with Crippen molar-refractivity contribution >= 4 is 11.9 Å². The Kier molecular flexibility index (Phi) is 69.4. The van der Waals surface area contributed by atoms with Gasteiger partial charge in [-0.15, -0.1) is 0 Å². The van der Waals surface area contributed by atoms with Crippen LogP contribution in [0.3, 0.4) is 0 Å². The Hall–Kier alpha value is -2.18. The molecule has 0 saturated heterocycles. The van der Waals surface area contributed by atoms with Crippen molar-refractivity contribution in [1.29, 1.82) is 0 Å². The quantitative estimate of drug-likeness (QED) is 0.0320. The number of amides is 1. The molecule has 0 aliphatic rings. The first-order chi connectivity index (χ1) is 40.5. The minimum absolute atomic E-state index is 0.00984. The van der Waals surface area contributed by atoms with Gasteiger partial charge in [-0.25, -0.2) is 0 Å². The van der Waals surface area contributed by atoms with Gasteiger partial charge in [0.15, 0.2) is 0 Å². The third-order valence-electron chi connectivity index (χ3n) is 17.1. The number of esters is 1. The van der Waals surface area contributed by atoms with Gasteiger partial charge < -0.3 is 20.3 Å². The Labute approximate surface area is 512 Å². The van der Waals surface area contributed by atoms with Crippen LogP contribution in [-0.4, -0.2) is 47.4 Å². The van der Waals surface area contributed by atoms with Gasteiger partial charge in [-0.3, -0.25) is 9.59 Å². The van der Waals surface area contributed by atoms with Crippen LogP contribution in [0.4, 0.5) is 0 Å². The SMILES string of the molecule is CCCCCCCC/C=C\CCCCCCCCCC(=O)OCCCCCCCCCCC/C=C\C/C=C\CCCCCCCCCCCCCCCCCC(=O)NC(CO)C(O)/C=C/CCCCCCCCCCCCCCCCC. The third-order valence-corrected chi connectivity index (χ3v) is 17.1. The van der Waals surface area contributed by atoms with Crippen LogP contribution in [0.2, 0.25) is 0 Å². The highest BCUT2D eigenvalue weighted by Crippen LogP contribution is 2.18. The van der Waals surface area contributed by atoms with E-state index >= 15 is 0 Å². The second-order valence-corrected chi connectivity index (χ2v) is 25.3. The molecular weight excluding hydrogens is 1010 g/mol. The molecule has 6 nitrogen and oxygen atoms in total. The van der Waals surface area contributed by atoms with Gasteiger partial charge in [0.1, 0.15) is 0 Å². The fourth-order valence-electron chi connectivity index (χ4n) is 11.4. The molecule has 2 atom stereocenters. The summed E-state index contributed by atoms with van der Waals surface area (Å²) in [6.45, 7) is 4.93. The van der Waals surface area contributed by atoms with E-state index in [1.165, 1.54) is 321 Å². The van der Waals surface area contributed by atoms with Gasteiger partial charge in [0.05, 0.1) is 25.4 Å². The zero-order chi connectivity index (χ0) is 59.2. The van der Waals surface area contributed by atoms with Crippen LogP contribution >= 0.6 is 0 Å². The lowest BCUT2D eigenvalue weighted by Crippen LogP contribution is -2.45. The number of unbranched alkanes of at least 4 members (excludes halogenated alkanes) is 52. The fourth-order valence-corrected chi connectivity index (χ4v) is 11.4. The minimum atomic E-state index is -0.845. The summed E-state index contributed by atoms with van der Waals surface area (Å²) in [7, 11) is 0. The first kappa shape index (κ1) is 79.8. The molecule has 1 amide bonds. The summed E-state index contributed by atoms with van der Waals surface area (Å²) in [6, 6.07) is -0.628. The highest BCUT2D eigenvalue weighted by atomic mass is 16.5. The zero-order valence-corrected chi connectivity index (χ0v) is 55.2. The lowest BCUT2D eigenvalue weighted by atomic mass is 10.0. The summed E-state index contributed by atoms with van der Waals surface area (Å²) in [4.78, 5) is 24.6. The smallest absolute Gasteiger partial charge is 0.305 e. The summed E-state index contributed by atoms with van der Waals surface area (Å²) in [5.41, 5.74) is 0. The summed E-state index contributed by atoms with van der Waals surface area (Å²) in [6.07, 6.45) is 93.5. The van der Waals surface area contributed by atoms with E-state index in [0.717, 1.165) is 51.4 Å². The van der Waals surface area contributed by atoms with E-state index in [1.54, 1.807) is 6.08 Å². The molecule has 0 aromatic rings. The van der Waals surface area contributed by atoms with Crippen molar-refractivity contribution in [2.45, 2.75) is 411 Å². The highest BCUT2D eigenvalue weighted by Gasteiger charge is 2.18. The molecule has 0 aliphatic heterocycles. The van der Waals surface area contributed by atoms with E-state index in [4.69, 9.17) is 4.74 Å². The van der Waals surface area contributed by atoms with Gasteiger partial charge >= 0.3 is 5.97 Å². The molecule has 482 valence electrons. The van der Waals surface area contributed by atoms with Gasteiger partial charge in [0, 0.05) is 12.8 Å². The number of carbonyl (C=O) groups is 2. The topological polar surface area (TPSA) is 95.9 Å². The van der Waals surface area contributed by atoms with Crippen LogP contribution in [0.5, 0.6) is 0 Å². The van der Waals surface area contributed by atoms with Crippen LogP contribution in [0, 0.1) is 0 Å². The first-order valence-electron chi connectivity index (χ1n) is 36.9. The van der Waals surface area contributed by atoms with Crippen molar-refractivity contribution in [2.75, 3.05) is 13.2 Å². The number of aliphatic hydroxyl groups excluding tert-OH is 2. The average Bonchev–Trinajstić information content (AvgIpc) is 3.48. The van der Waals surface area contributed by atoms with Crippen LogP contribution in [-0.2, 0) is 14.3 Å². The monoisotopic (exact) mass is 1150 g/mol. The molecule has 0 heterocycles. The molecule has 0 rings (SSSR count). The molecule has 0 spiro atoms. The Morgan fingerprint density at radius 3 is 0.939 bits per heavy atom. The molecule has 0 bridgehead atoms. The van der Waals surface area contributed by atoms with E-state index < -0.39 is 12.1 Å². The van der Waals surface area contributed by atoms with Gasteiger partial charge in [0.25, 0.3) is 0 Å². The van der Waals surface area contributed by atoms with Crippen molar-refractivity contribution in [3.8, 4) is 0 Å². The van der Waals surface area contributed by atoms with E-state index in [1.807, 2.05) is 6.08 Å². The largest absolute Gasteiger partial charge is 0.466 e.